The lowest BCUT2D eigenvalue weighted by Gasteiger charge is -2.45. The molecule has 0 spiro atoms. The molecule has 2 atom stereocenters. The number of nitrogens with one attached hydrogen (secondary N) is 1. The summed E-state index contributed by atoms with van der Waals surface area (Å²) in [5.41, 5.74) is 3.15. The quantitative estimate of drug-likeness (QED) is 0.642. The van der Waals surface area contributed by atoms with Crippen LogP contribution in [0.25, 0.3) is 11.0 Å². The van der Waals surface area contributed by atoms with E-state index < -0.39 is 0 Å². The van der Waals surface area contributed by atoms with Crippen LogP contribution < -0.4 is 10.2 Å². The number of rotatable bonds is 4. The van der Waals surface area contributed by atoms with Crippen molar-refractivity contribution < 1.29 is 4.79 Å². The Morgan fingerprint density at radius 2 is 1.59 bits per heavy atom. The third-order valence-electron chi connectivity index (χ3n) is 7.08. The number of nitrogens with zero attached hydrogens (tertiary/aromatic N) is 5. The molecule has 2 aromatic carbocycles. The van der Waals surface area contributed by atoms with Crippen LogP contribution in [-0.2, 0) is 6.54 Å². The van der Waals surface area contributed by atoms with Gasteiger partial charge in [-0.15, -0.1) is 0 Å². The van der Waals surface area contributed by atoms with E-state index in [4.69, 9.17) is 4.98 Å². The number of fused-ring (bicyclic) bond motifs is 1. The van der Waals surface area contributed by atoms with Gasteiger partial charge in [-0.3, -0.25) is 9.88 Å². The second-order valence-electron chi connectivity index (χ2n) is 9.71. The number of amides is 2. The summed E-state index contributed by atoms with van der Waals surface area (Å²) in [4.78, 5) is 29.4. The molecule has 7 heteroatoms. The van der Waals surface area contributed by atoms with Gasteiger partial charge in [-0.1, -0.05) is 42.5 Å². The fourth-order valence-electron chi connectivity index (χ4n) is 5.34. The third kappa shape index (κ3) is 4.99. The van der Waals surface area contributed by atoms with E-state index in [0.29, 0.717) is 0 Å². The molecule has 178 valence electrons. The Hall–Kier alpha value is -3.19. The maximum Gasteiger partial charge on any atom is 0.318 e. The fourth-order valence-corrected chi connectivity index (χ4v) is 5.34. The second-order valence-corrected chi connectivity index (χ2v) is 9.71. The highest BCUT2D eigenvalue weighted by molar-refractivity contribution is 5.77. The minimum absolute atomic E-state index is 0.0609. The Morgan fingerprint density at radius 1 is 0.941 bits per heavy atom. The molecular formula is C27H34N6O. The zero-order valence-electron chi connectivity index (χ0n) is 20.1. The van der Waals surface area contributed by atoms with E-state index in [1.807, 2.05) is 35.4 Å². The van der Waals surface area contributed by atoms with Crippen molar-refractivity contribution in [1.29, 1.82) is 0 Å². The SMILES string of the molecule is C[C@@H]1CN(c2cnc3ccccc3n2)C[C@@H](C)N1C(=O)NC1CCN(Cc2ccccc2)CC1. The van der Waals surface area contributed by atoms with E-state index in [1.165, 1.54) is 5.56 Å². The van der Waals surface area contributed by atoms with Crippen molar-refractivity contribution >= 4 is 22.9 Å². The lowest BCUT2D eigenvalue weighted by molar-refractivity contribution is 0.130. The third-order valence-corrected chi connectivity index (χ3v) is 7.08. The van der Waals surface area contributed by atoms with Crippen molar-refractivity contribution in [3.05, 3.63) is 66.4 Å². The molecule has 5 rings (SSSR count). The van der Waals surface area contributed by atoms with Crippen molar-refractivity contribution in [3.63, 3.8) is 0 Å². The van der Waals surface area contributed by atoms with Gasteiger partial charge in [0.25, 0.3) is 0 Å². The van der Waals surface area contributed by atoms with E-state index >= 15 is 0 Å². The summed E-state index contributed by atoms with van der Waals surface area (Å²) in [5.74, 6) is 0.878. The van der Waals surface area contributed by atoms with Crippen molar-refractivity contribution in [2.45, 2.75) is 51.4 Å². The van der Waals surface area contributed by atoms with Gasteiger partial charge in [0.1, 0.15) is 5.82 Å². The topological polar surface area (TPSA) is 64.6 Å². The summed E-state index contributed by atoms with van der Waals surface area (Å²) in [7, 11) is 0. The van der Waals surface area contributed by atoms with Crippen LogP contribution in [0.1, 0.15) is 32.3 Å². The number of piperazine rings is 1. The zero-order chi connectivity index (χ0) is 23.5. The van der Waals surface area contributed by atoms with Gasteiger partial charge in [0.05, 0.1) is 17.2 Å². The minimum Gasteiger partial charge on any atom is -0.351 e. The Labute approximate surface area is 201 Å². The van der Waals surface area contributed by atoms with Crippen LogP contribution in [0.2, 0.25) is 0 Å². The normalized spacial score (nSPS) is 22.2. The van der Waals surface area contributed by atoms with Gasteiger partial charge in [0.15, 0.2) is 0 Å². The minimum atomic E-state index is 0.0609. The first-order valence-electron chi connectivity index (χ1n) is 12.4. The van der Waals surface area contributed by atoms with Crippen LogP contribution in [0.5, 0.6) is 0 Å². The van der Waals surface area contributed by atoms with E-state index in [0.717, 1.165) is 62.4 Å². The van der Waals surface area contributed by atoms with E-state index in [2.05, 4.69) is 64.3 Å². The van der Waals surface area contributed by atoms with Crippen LogP contribution in [0, 0.1) is 0 Å². The number of carbonyl (C=O) groups is 1. The van der Waals surface area contributed by atoms with Crippen LogP contribution in [-0.4, -0.2) is 70.1 Å². The van der Waals surface area contributed by atoms with Gasteiger partial charge in [-0.05, 0) is 44.4 Å². The molecule has 1 aromatic heterocycles. The van der Waals surface area contributed by atoms with Crippen molar-refractivity contribution in [2.75, 3.05) is 31.1 Å². The Kier molecular flexibility index (Phi) is 6.63. The summed E-state index contributed by atoms with van der Waals surface area (Å²) in [6.45, 7) is 8.76. The molecule has 34 heavy (non-hydrogen) atoms. The lowest BCUT2D eigenvalue weighted by Crippen LogP contribution is -2.62. The predicted molar refractivity (Wildman–Crippen MR) is 136 cm³/mol. The molecule has 7 nitrogen and oxygen atoms in total. The van der Waals surface area contributed by atoms with E-state index in [1.54, 1.807) is 0 Å². The first-order valence-corrected chi connectivity index (χ1v) is 12.4. The lowest BCUT2D eigenvalue weighted by atomic mass is 10.0. The second kappa shape index (κ2) is 9.97. The Bertz CT molecular complexity index is 1100. The van der Waals surface area contributed by atoms with Gasteiger partial charge in [-0.25, -0.2) is 9.78 Å². The summed E-state index contributed by atoms with van der Waals surface area (Å²) in [6, 6.07) is 19.0. The summed E-state index contributed by atoms with van der Waals surface area (Å²) >= 11 is 0. The van der Waals surface area contributed by atoms with Crippen molar-refractivity contribution in [2.24, 2.45) is 0 Å². The van der Waals surface area contributed by atoms with Crippen molar-refractivity contribution in [3.8, 4) is 0 Å². The zero-order valence-corrected chi connectivity index (χ0v) is 20.1. The molecule has 2 saturated heterocycles. The smallest absolute Gasteiger partial charge is 0.318 e. The molecule has 0 unspecified atom stereocenters. The average molecular weight is 459 g/mol. The maximum absolute atomic E-state index is 13.2. The molecule has 0 aliphatic carbocycles. The highest BCUT2D eigenvalue weighted by atomic mass is 16.2. The molecule has 0 bridgehead atoms. The molecule has 2 aliphatic rings. The van der Waals surface area contributed by atoms with Gasteiger partial charge in [-0.2, -0.15) is 0 Å². The molecule has 3 aromatic rings. The molecule has 3 heterocycles. The number of hydrogen-bond donors (Lipinski definition) is 1. The highest BCUT2D eigenvalue weighted by Gasteiger charge is 2.34. The van der Waals surface area contributed by atoms with Gasteiger partial charge >= 0.3 is 6.03 Å². The highest BCUT2D eigenvalue weighted by Crippen LogP contribution is 2.23. The number of piperidine rings is 1. The molecule has 2 aliphatic heterocycles. The number of urea groups is 1. The van der Waals surface area contributed by atoms with E-state index in [9.17, 15) is 4.79 Å². The number of para-hydroxylation sites is 2. The Morgan fingerprint density at radius 3 is 2.29 bits per heavy atom. The van der Waals surface area contributed by atoms with Crippen LogP contribution in [0.4, 0.5) is 10.6 Å². The number of anilines is 1. The van der Waals surface area contributed by atoms with Gasteiger partial charge in [0, 0.05) is 50.8 Å². The molecule has 2 amide bonds. The molecule has 0 saturated carbocycles. The van der Waals surface area contributed by atoms with E-state index in [-0.39, 0.29) is 24.2 Å². The first kappa shape index (κ1) is 22.6. The van der Waals surface area contributed by atoms with Crippen LogP contribution >= 0.6 is 0 Å². The summed E-state index contributed by atoms with van der Waals surface area (Å²) in [5, 5.41) is 3.33. The molecule has 2 fully saturated rings. The molecular weight excluding hydrogens is 424 g/mol. The standard InChI is InChI=1S/C27H34N6O/c1-20-17-32(26-16-28-24-10-6-7-11-25(24)30-26)18-21(2)33(20)27(34)29-23-12-14-31(15-13-23)19-22-8-4-3-5-9-22/h3-11,16,20-21,23H,12-15,17-19H2,1-2H3,(H,29,34)/t20-,21-/m1/s1. The predicted octanol–water partition coefficient (Wildman–Crippen LogP) is 3.90. The van der Waals surface area contributed by atoms with Crippen LogP contribution in [0.3, 0.4) is 0 Å². The average Bonchev–Trinajstić information content (AvgIpc) is 2.85. The van der Waals surface area contributed by atoms with Crippen molar-refractivity contribution in [1.82, 2.24) is 25.1 Å². The summed E-state index contributed by atoms with van der Waals surface area (Å²) < 4.78 is 0. The molecule has 0 radical (unpaired) electrons. The number of hydrogen-bond acceptors (Lipinski definition) is 5. The Balaban J connectivity index is 1.15. The van der Waals surface area contributed by atoms with Gasteiger partial charge in [0.2, 0.25) is 0 Å². The summed E-state index contributed by atoms with van der Waals surface area (Å²) in [6.07, 6.45) is 3.84. The van der Waals surface area contributed by atoms with Gasteiger partial charge < -0.3 is 15.1 Å². The number of aromatic nitrogens is 2. The maximum atomic E-state index is 13.2. The monoisotopic (exact) mass is 458 g/mol. The molecule has 1 N–H and O–H groups in total. The first-order chi connectivity index (χ1) is 16.6. The largest absolute Gasteiger partial charge is 0.351 e. The number of likely N-dealkylation sites (tertiary alicyclic amines) is 1. The fraction of sp³-hybridized carbons (Fsp3) is 0.444. The van der Waals surface area contributed by atoms with Crippen LogP contribution in [0.15, 0.2) is 60.8 Å². The number of carbonyl (C=O) groups excluding carboxylic acids is 1. The number of benzene rings is 2.